The first-order valence-electron chi connectivity index (χ1n) is 14.0. The van der Waals surface area contributed by atoms with E-state index >= 15 is 0 Å². The van der Waals surface area contributed by atoms with Crippen molar-refractivity contribution in [3.8, 4) is 5.75 Å². The SMILES string of the molecule is COc1ccc(NC(=O)c2nn(Cc3ccc(NC(=O)C4CC4)cc3)c3ccc(NC(=O)C4CC4)cc3c2=O)c(C)c1. The molecule has 0 radical (unpaired) electrons. The van der Waals surface area contributed by atoms with E-state index in [4.69, 9.17) is 4.74 Å². The number of carbonyl (C=O) groups excluding carboxylic acids is 3. The van der Waals surface area contributed by atoms with Gasteiger partial charge in [-0.3, -0.25) is 23.9 Å². The van der Waals surface area contributed by atoms with Crippen LogP contribution in [0.3, 0.4) is 0 Å². The van der Waals surface area contributed by atoms with Gasteiger partial charge in [-0.2, -0.15) is 5.10 Å². The first-order valence-corrected chi connectivity index (χ1v) is 14.0. The van der Waals surface area contributed by atoms with Crippen LogP contribution in [0.4, 0.5) is 17.1 Å². The van der Waals surface area contributed by atoms with Gasteiger partial charge in [0.15, 0.2) is 5.69 Å². The summed E-state index contributed by atoms with van der Waals surface area (Å²) in [7, 11) is 1.56. The number of nitrogens with zero attached hydrogens (tertiary/aromatic N) is 2. The molecule has 0 spiro atoms. The fraction of sp³-hybridized carbons (Fsp3) is 0.281. The summed E-state index contributed by atoms with van der Waals surface area (Å²) in [5.41, 5.74) is 3.07. The van der Waals surface area contributed by atoms with E-state index in [2.05, 4.69) is 21.0 Å². The highest BCUT2D eigenvalue weighted by atomic mass is 16.5. The Morgan fingerprint density at radius 2 is 1.50 bits per heavy atom. The molecule has 10 heteroatoms. The summed E-state index contributed by atoms with van der Waals surface area (Å²) < 4.78 is 6.85. The Labute approximate surface area is 242 Å². The standard InChI is InChI=1S/C32H31N5O5/c1-18-15-24(42-2)12-13-26(18)35-32(41)28-29(38)25-16-23(34-31(40)21-7-8-21)11-14-27(25)37(36-28)17-19-3-9-22(10-4-19)33-30(39)20-5-6-20/h3-4,9-16,20-21H,5-8,17H2,1-2H3,(H,33,39)(H,34,40)(H,35,41). The Kier molecular flexibility index (Phi) is 7.20. The third kappa shape index (κ3) is 5.88. The van der Waals surface area contributed by atoms with E-state index < -0.39 is 11.3 Å². The highest BCUT2D eigenvalue weighted by Gasteiger charge is 2.30. The second-order valence-corrected chi connectivity index (χ2v) is 10.9. The third-order valence-corrected chi connectivity index (χ3v) is 7.57. The summed E-state index contributed by atoms with van der Waals surface area (Å²) in [6, 6.07) is 17.7. The van der Waals surface area contributed by atoms with Crippen molar-refractivity contribution in [3.05, 3.63) is 87.7 Å². The normalized spacial score (nSPS) is 14.3. The van der Waals surface area contributed by atoms with Gasteiger partial charge in [0.05, 0.1) is 24.6 Å². The maximum atomic E-state index is 13.6. The van der Waals surface area contributed by atoms with Crippen LogP contribution in [-0.2, 0) is 16.1 Å². The van der Waals surface area contributed by atoms with Gasteiger partial charge >= 0.3 is 0 Å². The molecule has 0 bridgehead atoms. The molecule has 0 unspecified atom stereocenters. The van der Waals surface area contributed by atoms with Gasteiger partial charge in [0.25, 0.3) is 5.91 Å². The number of methoxy groups -OCH3 is 1. The number of anilines is 3. The van der Waals surface area contributed by atoms with E-state index in [0.717, 1.165) is 36.8 Å². The Balaban J connectivity index is 1.34. The summed E-state index contributed by atoms with van der Waals surface area (Å²) in [5, 5.41) is 13.4. The molecule has 2 aliphatic rings. The maximum Gasteiger partial charge on any atom is 0.280 e. The molecule has 2 fully saturated rings. The van der Waals surface area contributed by atoms with E-state index in [1.807, 2.05) is 31.2 Å². The number of rotatable bonds is 9. The Morgan fingerprint density at radius 1 is 0.857 bits per heavy atom. The van der Waals surface area contributed by atoms with Crippen molar-refractivity contribution < 1.29 is 19.1 Å². The number of fused-ring (bicyclic) bond motifs is 1. The van der Waals surface area contributed by atoms with Gasteiger partial charge in [-0.25, -0.2) is 0 Å². The second kappa shape index (κ2) is 11.1. The highest BCUT2D eigenvalue weighted by molar-refractivity contribution is 6.05. The lowest BCUT2D eigenvalue weighted by Crippen LogP contribution is -2.27. The zero-order chi connectivity index (χ0) is 29.4. The van der Waals surface area contributed by atoms with Crippen LogP contribution in [0.1, 0.15) is 47.3 Å². The van der Waals surface area contributed by atoms with Crippen molar-refractivity contribution in [3.63, 3.8) is 0 Å². The number of hydrogen-bond donors (Lipinski definition) is 3. The van der Waals surface area contributed by atoms with Crippen LogP contribution in [0.25, 0.3) is 10.9 Å². The van der Waals surface area contributed by atoms with Crippen molar-refractivity contribution in [2.24, 2.45) is 11.8 Å². The van der Waals surface area contributed by atoms with Gasteiger partial charge in [0.2, 0.25) is 17.2 Å². The fourth-order valence-electron chi connectivity index (χ4n) is 4.77. The molecule has 3 aromatic carbocycles. The largest absolute Gasteiger partial charge is 0.497 e. The quantitative estimate of drug-likeness (QED) is 0.269. The van der Waals surface area contributed by atoms with E-state index in [-0.39, 0.29) is 41.3 Å². The molecule has 6 rings (SSSR count). The number of carbonyl (C=O) groups is 3. The second-order valence-electron chi connectivity index (χ2n) is 10.9. The maximum absolute atomic E-state index is 13.6. The predicted octanol–water partition coefficient (Wildman–Crippen LogP) is 4.71. The number of aryl methyl sites for hydroxylation is 1. The van der Waals surface area contributed by atoms with E-state index in [0.29, 0.717) is 28.3 Å². The van der Waals surface area contributed by atoms with Crippen LogP contribution in [-0.4, -0.2) is 34.6 Å². The Hall–Kier alpha value is -4.99. The molecule has 0 atom stereocenters. The van der Waals surface area contributed by atoms with Crippen molar-refractivity contribution >= 4 is 45.7 Å². The average molecular weight is 566 g/mol. The lowest BCUT2D eigenvalue weighted by atomic mass is 10.1. The molecule has 42 heavy (non-hydrogen) atoms. The summed E-state index contributed by atoms with van der Waals surface area (Å²) >= 11 is 0. The van der Waals surface area contributed by atoms with Gasteiger partial charge in [0, 0.05) is 28.9 Å². The number of benzene rings is 3. The molecule has 3 N–H and O–H groups in total. The first-order chi connectivity index (χ1) is 20.3. The lowest BCUT2D eigenvalue weighted by molar-refractivity contribution is -0.118. The summed E-state index contributed by atoms with van der Waals surface area (Å²) in [6.45, 7) is 2.10. The first kappa shape index (κ1) is 27.2. The smallest absolute Gasteiger partial charge is 0.280 e. The van der Waals surface area contributed by atoms with Crippen molar-refractivity contribution in [2.75, 3.05) is 23.1 Å². The molecule has 214 valence electrons. The zero-order valence-electron chi connectivity index (χ0n) is 23.4. The molecule has 2 saturated carbocycles. The number of hydrogen-bond acceptors (Lipinski definition) is 6. The van der Waals surface area contributed by atoms with Gasteiger partial charge in [-0.15, -0.1) is 0 Å². The van der Waals surface area contributed by atoms with Crippen LogP contribution in [0.5, 0.6) is 5.75 Å². The zero-order valence-corrected chi connectivity index (χ0v) is 23.4. The molecule has 1 aromatic heterocycles. The molecular formula is C32H31N5O5. The average Bonchev–Trinajstić information content (AvgIpc) is 3.89. The molecular weight excluding hydrogens is 534 g/mol. The minimum absolute atomic E-state index is 0.000834. The van der Waals surface area contributed by atoms with E-state index in [9.17, 15) is 19.2 Å². The molecule has 2 aliphatic carbocycles. The summed E-state index contributed by atoms with van der Waals surface area (Å²) in [5.74, 6) is 0.0614. The summed E-state index contributed by atoms with van der Waals surface area (Å²) in [4.78, 5) is 51.6. The Bertz CT molecular complexity index is 1770. The number of aromatic nitrogens is 2. The van der Waals surface area contributed by atoms with Crippen molar-refractivity contribution in [1.82, 2.24) is 9.78 Å². The fourth-order valence-corrected chi connectivity index (χ4v) is 4.77. The molecule has 1 heterocycles. The molecule has 3 amide bonds. The van der Waals surface area contributed by atoms with E-state index in [1.165, 1.54) is 0 Å². The highest BCUT2D eigenvalue weighted by Crippen LogP contribution is 2.31. The summed E-state index contributed by atoms with van der Waals surface area (Å²) in [6.07, 6.45) is 3.56. The van der Waals surface area contributed by atoms with Crippen LogP contribution >= 0.6 is 0 Å². The number of ether oxygens (including phenoxy) is 1. The van der Waals surface area contributed by atoms with Gasteiger partial charge in [0.1, 0.15) is 5.75 Å². The molecule has 10 nitrogen and oxygen atoms in total. The minimum atomic E-state index is -0.644. The van der Waals surface area contributed by atoms with Crippen LogP contribution in [0.2, 0.25) is 0 Å². The van der Waals surface area contributed by atoms with E-state index in [1.54, 1.807) is 48.2 Å². The molecule has 0 saturated heterocycles. The molecule has 0 aliphatic heterocycles. The van der Waals surface area contributed by atoms with Gasteiger partial charge in [-0.05, 0) is 92.3 Å². The topological polar surface area (TPSA) is 131 Å². The monoisotopic (exact) mass is 565 g/mol. The van der Waals surface area contributed by atoms with Gasteiger partial charge in [-0.1, -0.05) is 12.1 Å². The molecule has 4 aromatic rings. The van der Waals surface area contributed by atoms with Crippen LogP contribution < -0.4 is 26.1 Å². The van der Waals surface area contributed by atoms with Gasteiger partial charge < -0.3 is 20.7 Å². The Morgan fingerprint density at radius 3 is 2.12 bits per heavy atom. The predicted molar refractivity (Wildman–Crippen MR) is 160 cm³/mol. The third-order valence-electron chi connectivity index (χ3n) is 7.57. The van der Waals surface area contributed by atoms with Crippen LogP contribution in [0, 0.1) is 18.8 Å². The minimum Gasteiger partial charge on any atom is -0.497 e. The lowest BCUT2D eigenvalue weighted by Gasteiger charge is -2.15. The van der Waals surface area contributed by atoms with Crippen molar-refractivity contribution in [2.45, 2.75) is 39.2 Å². The number of nitrogens with one attached hydrogen (secondary N) is 3. The number of amides is 3. The van der Waals surface area contributed by atoms with Crippen molar-refractivity contribution in [1.29, 1.82) is 0 Å². The van der Waals surface area contributed by atoms with Crippen LogP contribution in [0.15, 0.2) is 65.5 Å².